The first-order chi connectivity index (χ1) is 14.1. The molecule has 2 aromatic heterocycles. The van der Waals surface area contributed by atoms with Crippen LogP contribution < -0.4 is 5.32 Å². The van der Waals surface area contributed by atoms with E-state index in [4.69, 9.17) is 20.4 Å². The third kappa shape index (κ3) is 5.85. The Morgan fingerprint density at radius 3 is 2.62 bits per heavy atom. The first kappa shape index (κ1) is 21.4. The maximum Gasteiger partial charge on any atom is 0.277 e. The van der Waals surface area contributed by atoms with Crippen LogP contribution >= 0.6 is 23.4 Å². The fourth-order valence-electron chi connectivity index (χ4n) is 2.92. The highest BCUT2D eigenvalue weighted by molar-refractivity contribution is 7.99. The second kappa shape index (κ2) is 10.5. The van der Waals surface area contributed by atoms with Crippen LogP contribution in [-0.4, -0.2) is 46.4 Å². The van der Waals surface area contributed by atoms with Gasteiger partial charge in [0.2, 0.25) is 11.8 Å². The number of carbonyl (C=O) groups excluding carboxylic acids is 1. The fraction of sp³-hybridized carbons (Fsp3) is 0.350. The van der Waals surface area contributed by atoms with Gasteiger partial charge in [0.25, 0.3) is 5.22 Å². The molecule has 0 radical (unpaired) electrons. The third-order valence-corrected chi connectivity index (χ3v) is 5.51. The highest BCUT2D eigenvalue weighted by atomic mass is 35.5. The number of nitrogens with one attached hydrogen (secondary N) is 1. The van der Waals surface area contributed by atoms with E-state index < -0.39 is 0 Å². The molecule has 7 nitrogen and oxygen atoms in total. The highest BCUT2D eigenvalue weighted by Gasteiger charge is 2.21. The number of rotatable bonds is 10. The Kier molecular flexibility index (Phi) is 7.74. The Bertz CT molecular complexity index is 895. The van der Waals surface area contributed by atoms with Crippen LogP contribution in [0.5, 0.6) is 0 Å². The summed E-state index contributed by atoms with van der Waals surface area (Å²) in [6.07, 6.45) is 1.65. The SMILES string of the molecule is CCN(CC)C(CNC(=O)CSc1nnc(-c2ccc(Cl)cc2)o1)c1ccco1. The topological polar surface area (TPSA) is 84.4 Å². The van der Waals surface area contributed by atoms with Crippen LogP contribution in [0, 0.1) is 0 Å². The van der Waals surface area contributed by atoms with Crippen molar-refractivity contribution < 1.29 is 13.6 Å². The summed E-state index contributed by atoms with van der Waals surface area (Å²) in [6.45, 7) is 6.37. The second-order valence-corrected chi connectivity index (χ2v) is 7.59. The van der Waals surface area contributed by atoms with Gasteiger partial charge in [0.1, 0.15) is 5.76 Å². The van der Waals surface area contributed by atoms with Crippen LogP contribution in [0.25, 0.3) is 11.5 Å². The van der Waals surface area contributed by atoms with Crippen molar-refractivity contribution in [3.8, 4) is 11.5 Å². The summed E-state index contributed by atoms with van der Waals surface area (Å²) in [5.74, 6) is 1.31. The smallest absolute Gasteiger partial charge is 0.277 e. The molecule has 9 heteroatoms. The molecule has 1 unspecified atom stereocenters. The van der Waals surface area contributed by atoms with Crippen molar-refractivity contribution in [1.82, 2.24) is 20.4 Å². The normalized spacial score (nSPS) is 12.3. The van der Waals surface area contributed by atoms with Gasteiger partial charge >= 0.3 is 0 Å². The van der Waals surface area contributed by atoms with Crippen LogP contribution in [0.2, 0.25) is 5.02 Å². The van der Waals surface area contributed by atoms with Crippen LogP contribution in [0.15, 0.2) is 56.7 Å². The van der Waals surface area contributed by atoms with Crippen LogP contribution in [-0.2, 0) is 4.79 Å². The van der Waals surface area contributed by atoms with E-state index in [-0.39, 0.29) is 17.7 Å². The van der Waals surface area contributed by atoms with Gasteiger partial charge in [-0.2, -0.15) is 0 Å². The lowest BCUT2D eigenvalue weighted by Gasteiger charge is -2.28. The number of halogens is 1. The Morgan fingerprint density at radius 1 is 1.21 bits per heavy atom. The number of thioether (sulfide) groups is 1. The number of hydrogen-bond donors (Lipinski definition) is 1. The fourth-order valence-corrected chi connectivity index (χ4v) is 3.64. The lowest BCUT2D eigenvalue weighted by molar-refractivity contribution is -0.118. The molecule has 1 aromatic carbocycles. The van der Waals surface area contributed by atoms with E-state index in [1.807, 2.05) is 12.1 Å². The Hall–Kier alpha value is -2.29. The van der Waals surface area contributed by atoms with E-state index >= 15 is 0 Å². The van der Waals surface area contributed by atoms with E-state index in [9.17, 15) is 4.79 Å². The molecule has 3 aromatic rings. The first-order valence-corrected chi connectivity index (χ1v) is 10.7. The average Bonchev–Trinajstić information content (AvgIpc) is 3.42. The van der Waals surface area contributed by atoms with Crippen molar-refractivity contribution in [1.29, 1.82) is 0 Å². The summed E-state index contributed by atoms with van der Waals surface area (Å²) < 4.78 is 11.2. The number of carbonyl (C=O) groups is 1. The molecule has 0 saturated carbocycles. The Balaban J connectivity index is 1.52. The molecule has 0 aliphatic rings. The zero-order chi connectivity index (χ0) is 20.6. The minimum atomic E-state index is -0.107. The summed E-state index contributed by atoms with van der Waals surface area (Å²) in [4.78, 5) is 14.6. The average molecular weight is 435 g/mol. The molecular weight excluding hydrogens is 412 g/mol. The molecule has 1 amide bonds. The monoisotopic (exact) mass is 434 g/mol. The van der Waals surface area contributed by atoms with Crippen LogP contribution in [0.3, 0.4) is 0 Å². The molecule has 0 saturated heterocycles. The molecule has 0 spiro atoms. The first-order valence-electron chi connectivity index (χ1n) is 9.37. The predicted octanol–water partition coefficient (Wildman–Crippen LogP) is 4.27. The van der Waals surface area contributed by atoms with Gasteiger partial charge in [-0.15, -0.1) is 10.2 Å². The highest BCUT2D eigenvalue weighted by Crippen LogP contribution is 2.24. The van der Waals surface area contributed by atoms with Crippen LogP contribution in [0.4, 0.5) is 0 Å². The van der Waals surface area contributed by atoms with Crippen molar-refractivity contribution in [2.45, 2.75) is 25.1 Å². The summed E-state index contributed by atoms with van der Waals surface area (Å²) >= 11 is 7.09. The summed E-state index contributed by atoms with van der Waals surface area (Å²) in [5.41, 5.74) is 0.777. The lowest BCUT2D eigenvalue weighted by Crippen LogP contribution is -2.38. The van der Waals surface area contributed by atoms with E-state index in [2.05, 4.69) is 34.3 Å². The van der Waals surface area contributed by atoms with Gasteiger partial charge in [-0.3, -0.25) is 9.69 Å². The predicted molar refractivity (Wildman–Crippen MR) is 113 cm³/mol. The van der Waals surface area contributed by atoms with Gasteiger partial charge in [-0.25, -0.2) is 0 Å². The largest absolute Gasteiger partial charge is 0.468 e. The van der Waals surface area contributed by atoms with Gasteiger partial charge in [0, 0.05) is 17.1 Å². The summed E-state index contributed by atoms with van der Waals surface area (Å²) in [7, 11) is 0. The zero-order valence-electron chi connectivity index (χ0n) is 16.3. The summed E-state index contributed by atoms with van der Waals surface area (Å²) in [6, 6.07) is 10.9. The molecule has 2 heterocycles. The van der Waals surface area contributed by atoms with Gasteiger partial charge in [-0.1, -0.05) is 37.2 Å². The maximum atomic E-state index is 12.3. The van der Waals surface area contributed by atoms with Crippen molar-refractivity contribution in [3.63, 3.8) is 0 Å². The van der Waals surface area contributed by atoms with Crippen molar-refractivity contribution in [2.75, 3.05) is 25.4 Å². The summed E-state index contributed by atoms with van der Waals surface area (Å²) in [5, 5.41) is 12.0. The van der Waals surface area contributed by atoms with E-state index in [0.717, 1.165) is 24.4 Å². The van der Waals surface area contributed by atoms with Crippen molar-refractivity contribution in [3.05, 3.63) is 53.4 Å². The molecule has 0 aliphatic heterocycles. The zero-order valence-corrected chi connectivity index (χ0v) is 17.9. The number of amides is 1. The molecule has 3 rings (SSSR count). The van der Waals surface area contributed by atoms with Gasteiger partial charge in [0.05, 0.1) is 18.1 Å². The standard InChI is InChI=1S/C20H23ClN4O3S/c1-3-25(4-2)16(17-6-5-11-27-17)12-22-18(26)13-29-20-24-23-19(28-20)14-7-9-15(21)10-8-14/h5-11,16H,3-4,12-13H2,1-2H3,(H,22,26). The van der Waals surface area contributed by atoms with Gasteiger partial charge in [-0.05, 0) is 49.5 Å². The number of aromatic nitrogens is 2. The maximum absolute atomic E-state index is 12.3. The van der Waals surface area contributed by atoms with Gasteiger partial charge < -0.3 is 14.2 Å². The van der Waals surface area contributed by atoms with Crippen molar-refractivity contribution >= 4 is 29.3 Å². The minimum Gasteiger partial charge on any atom is -0.468 e. The number of furan rings is 1. The molecule has 0 bridgehead atoms. The van der Waals surface area contributed by atoms with Gasteiger partial charge in [0.15, 0.2) is 0 Å². The van der Waals surface area contributed by atoms with E-state index in [1.165, 1.54) is 11.8 Å². The second-order valence-electron chi connectivity index (χ2n) is 6.23. The Morgan fingerprint density at radius 2 is 1.97 bits per heavy atom. The molecule has 1 N–H and O–H groups in total. The molecule has 29 heavy (non-hydrogen) atoms. The Labute approximate surface area is 178 Å². The van der Waals surface area contributed by atoms with Crippen molar-refractivity contribution in [2.24, 2.45) is 0 Å². The molecular formula is C20H23ClN4O3S. The van der Waals surface area contributed by atoms with E-state index in [0.29, 0.717) is 22.7 Å². The number of benzene rings is 1. The number of nitrogens with zero attached hydrogens (tertiary/aromatic N) is 3. The van der Waals surface area contributed by atoms with E-state index in [1.54, 1.807) is 30.5 Å². The van der Waals surface area contributed by atoms with Crippen LogP contribution in [0.1, 0.15) is 25.6 Å². The molecule has 1 atom stereocenters. The minimum absolute atomic E-state index is 0.00568. The third-order valence-electron chi connectivity index (χ3n) is 4.44. The number of hydrogen-bond acceptors (Lipinski definition) is 7. The quantitative estimate of drug-likeness (QED) is 0.477. The lowest BCUT2D eigenvalue weighted by atomic mass is 10.2. The molecule has 154 valence electrons. The molecule has 0 aliphatic carbocycles. The number of likely N-dealkylation sites (N-methyl/N-ethyl adjacent to an activating group) is 1. The molecule has 0 fully saturated rings.